The quantitative estimate of drug-likeness (QED) is 0.821. The lowest BCUT2D eigenvalue weighted by molar-refractivity contribution is 0.500. The summed E-state index contributed by atoms with van der Waals surface area (Å²) in [6.07, 6.45) is 1.63. The molecule has 0 saturated heterocycles. The van der Waals surface area contributed by atoms with Gasteiger partial charge in [0.15, 0.2) is 0 Å². The second kappa shape index (κ2) is 5.32. The average molecular weight is 216 g/mol. The van der Waals surface area contributed by atoms with Gasteiger partial charge in [0.05, 0.1) is 0 Å². The monoisotopic (exact) mass is 215 g/mol. The van der Waals surface area contributed by atoms with Crippen LogP contribution in [0.3, 0.4) is 0 Å². The van der Waals surface area contributed by atoms with Crippen LogP contribution in [-0.4, -0.2) is 6.54 Å². The minimum absolute atomic E-state index is 0.193. The van der Waals surface area contributed by atoms with E-state index in [9.17, 15) is 4.39 Å². The molecule has 0 bridgehead atoms. The summed E-state index contributed by atoms with van der Waals surface area (Å²) in [6, 6.07) is 4.64. The van der Waals surface area contributed by atoms with Gasteiger partial charge in [-0.3, -0.25) is 0 Å². The van der Waals surface area contributed by atoms with Crippen molar-refractivity contribution in [2.75, 3.05) is 6.54 Å². The Hall–Kier alpha value is -0.600. The minimum atomic E-state index is -0.193. The van der Waals surface area contributed by atoms with Gasteiger partial charge in [-0.2, -0.15) is 0 Å². The number of benzene rings is 1. The van der Waals surface area contributed by atoms with Gasteiger partial charge in [-0.15, -0.1) is 0 Å². The third-order valence-corrected chi connectivity index (χ3v) is 2.66. The maximum Gasteiger partial charge on any atom is 0.126 e. The van der Waals surface area contributed by atoms with Crippen LogP contribution in [0, 0.1) is 11.7 Å². The van der Waals surface area contributed by atoms with Crippen molar-refractivity contribution in [3.63, 3.8) is 0 Å². The zero-order valence-electron chi connectivity index (χ0n) is 8.26. The topological polar surface area (TPSA) is 26.0 Å². The maximum absolute atomic E-state index is 13.3. The van der Waals surface area contributed by atoms with Gasteiger partial charge >= 0.3 is 0 Å². The summed E-state index contributed by atoms with van der Waals surface area (Å²) in [5.41, 5.74) is 6.23. The first-order chi connectivity index (χ1) is 6.67. The predicted octanol–water partition coefficient (Wildman–Crippen LogP) is 3.01. The van der Waals surface area contributed by atoms with Crippen LogP contribution in [0.25, 0.3) is 0 Å². The molecule has 1 nitrogen and oxygen atoms in total. The van der Waals surface area contributed by atoms with Crippen LogP contribution in [0.4, 0.5) is 4.39 Å². The van der Waals surface area contributed by atoms with E-state index in [0.29, 0.717) is 29.5 Å². The highest BCUT2D eigenvalue weighted by Gasteiger charge is 2.09. The molecule has 3 heteroatoms. The average Bonchev–Trinajstić information content (AvgIpc) is 2.19. The van der Waals surface area contributed by atoms with E-state index in [-0.39, 0.29) is 5.82 Å². The molecule has 1 atom stereocenters. The van der Waals surface area contributed by atoms with Gasteiger partial charge in [0, 0.05) is 5.02 Å². The summed E-state index contributed by atoms with van der Waals surface area (Å²) >= 11 is 5.79. The fourth-order valence-corrected chi connectivity index (χ4v) is 1.60. The van der Waals surface area contributed by atoms with Crippen molar-refractivity contribution in [2.45, 2.75) is 19.8 Å². The van der Waals surface area contributed by atoms with Crippen LogP contribution >= 0.6 is 11.6 Å². The van der Waals surface area contributed by atoms with Crippen molar-refractivity contribution in [2.24, 2.45) is 11.7 Å². The Kier molecular flexibility index (Phi) is 4.36. The number of halogens is 2. The molecular formula is C11H15ClFN. The normalized spacial score (nSPS) is 12.9. The first kappa shape index (κ1) is 11.5. The largest absolute Gasteiger partial charge is 0.330 e. The van der Waals surface area contributed by atoms with Crippen molar-refractivity contribution < 1.29 is 4.39 Å². The highest BCUT2D eigenvalue weighted by atomic mass is 35.5. The standard InChI is InChI=1S/C11H15ClFN/c1-2-8(7-14)5-9-6-10(12)3-4-11(9)13/h3-4,6,8H,2,5,7,14H2,1H3. The third kappa shape index (κ3) is 2.96. The summed E-state index contributed by atoms with van der Waals surface area (Å²) < 4.78 is 13.3. The van der Waals surface area contributed by atoms with Crippen LogP contribution in [0.1, 0.15) is 18.9 Å². The highest BCUT2D eigenvalue weighted by molar-refractivity contribution is 6.30. The van der Waals surface area contributed by atoms with Crippen molar-refractivity contribution in [3.8, 4) is 0 Å². The third-order valence-electron chi connectivity index (χ3n) is 2.43. The Bertz CT molecular complexity index is 297. The molecule has 0 radical (unpaired) electrons. The van der Waals surface area contributed by atoms with E-state index in [1.807, 2.05) is 0 Å². The smallest absolute Gasteiger partial charge is 0.126 e. The molecule has 0 saturated carbocycles. The summed E-state index contributed by atoms with van der Waals surface area (Å²) in [6.45, 7) is 2.64. The van der Waals surface area contributed by atoms with E-state index < -0.39 is 0 Å². The van der Waals surface area contributed by atoms with Crippen LogP contribution in [-0.2, 0) is 6.42 Å². The summed E-state index contributed by atoms with van der Waals surface area (Å²) in [5, 5.41) is 0.577. The Balaban J connectivity index is 2.79. The molecule has 14 heavy (non-hydrogen) atoms. The second-order valence-electron chi connectivity index (χ2n) is 3.45. The van der Waals surface area contributed by atoms with Gasteiger partial charge in [-0.1, -0.05) is 24.9 Å². The van der Waals surface area contributed by atoms with Gasteiger partial charge in [0.2, 0.25) is 0 Å². The van der Waals surface area contributed by atoms with Crippen LogP contribution in [0.2, 0.25) is 5.02 Å². The van der Waals surface area contributed by atoms with Crippen molar-refractivity contribution in [3.05, 3.63) is 34.6 Å². The molecule has 1 rings (SSSR count). The van der Waals surface area contributed by atoms with E-state index in [4.69, 9.17) is 17.3 Å². The van der Waals surface area contributed by atoms with E-state index in [0.717, 1.165) is 6.42 Å². The van der Waals surface area contributed by atoms with E-state index in [1.54, 1.807) is 12.1 Å². The summed E-state index contributed by atoms with van der Waals surface area (Å²) in [4.78, 5) is 0. The molecule has 0 amide bonds. The number of hydrogen-bond acceptors (Lipinski definition) is 1. The molecule has 78 valence electrons. The van der Waals surface area contributed by atoms with Gasteiger partial charge in [-0.05, 0) is 42.6 Å². The molecule has 0 aromatic heterocycles. The SMILES string of the molecule is CCC(CN)Cc1cc(Cl)ccc1F. The van der Waals surface area contributed by atoms with E-state index in [2.05, 4.69) is 6.92 Å². The molecule has 0 fully saturated rings. The van der Waals surface area contributed by atoms with Crippen molar-refractivity contribution >= 4 is 11.6 Å². The molecule has 0 spiro atoms. The molecule has 0 aliphatic carbocycles. The number of rotatable bonds is 4. The number of hydrogen-bond donors (Lipinski definition) is 1. The zero-order valence-corrected chi connectivity index (χ0v) is 9.02. The van der Waals surface area contributed by atoms with Crippen molar-refractivity contribution in [1.82, 2.24) is 0 Å². The Morgan fingerprint density at radius 2 is 2.21 bits per heavy atom. The minimum Gasteiger partial charge on any atom is -0.330 e. The molecule has 0 aliphatic heterocycles. The fourth-order valence-electron chi connectivity index (χ4n) is 1.41. The Labute approximate surface area is 89.1 Å². The summed E-state index contributed by atoms with van der Waals surface area (Å²) in [5.74, 6) is 0.143. The van der Waals surface area contributed by atoms with Gasteiger partial charge in [0.25, 0.3) is 0 Å². The fraction of sp³-hybridized carbons (Fsp3) is 0.455. The van der Waals surface area contributed by atoms with Gasteiger partial charge in [0.1, 0.15) is 5.82 Å². The molecule has 1 aromatic rings. The maximum atomic E-state index is 13.3. The lowest BCUT2D eigenvalue weighted by Crippen LogP contribution is -2.16. The predicted molar refractivity (Wildman–Crippen MR) is 57.9 cm³/mol. The first-order valence-electron chi connectivity index (χ1n) is 4.81. The number of nitrogens with two attached hydrogens (primary N) is 1. The highest BCUT2D eigenvalue weighted by Crippen LogP contribution is 2.19. The van der Waals surface area contributed by atoms with Gasteiger partial charge < -0.3 is 5.73 Å². The van der Waals surface area contributed by atoms with Crippen LogP contribution in [0.5, 0.6) is 0 Å². The Morgan fingerprint density at radius 1 is 1.50 bits per heavy atom. The Morgan fingerprint density at radius 3 is 2.79 bits per heavy atom. The zero-order chi connectivity index (χ0) is 10.6. The van der Waals surface area contributed by atoms with Crippen molar-refractivity contribution in [1.29, 1.82) is 0 Å². The second-order valence-corrected chi connectivity index (χ2v) is 3.89. The first-order valence-corrected chi connectivity index (χ1v) is 5.19. The van der Waals surface area contributed by atoms with Crippen LogP contribution in [0.15, 0.2) is 18.2 Å². The van der Waals surface area contributed by atoms with Gasteiger partial charge in [-0.25, -0.2) is 4.39 Å². The molecule has 0 heterocycles. The van der Waals surface area contributed by atoms with E-state index in [1.165, 1.54) is 6.07 Å². The molecule has 0 aliphatic rings. The summed E-state index contributed by atoms with van der Waals surface area (Å²) in [7, 11) is 0. The van der Waals surface area contributed by atoms with E-state index >= 15 is 0 Å². The van der Waals surface area contributed by atoms with Crippen LogP contribution < -0.4 is 5.73 Å². The molecule has 2 N–H and O–H groups in total. The lowest BCUT2D eigenvalue weighted by Gasteiger charge is -2.12. The molecule has 1 unspecified atom stereocenters. The molecular weight excluding hydrogens is 201 g/mol. The molecule has 1 aromatic carbocycles. The lowest BCUT2D eigenvalue weighted by atomic mass is 9.97.